The lowest BCUT2D eigenvalue weighted by atomic mass is 10.1. The fraction of sp³-hybridized carbons (Fsp3) is 0.333. The fourth-order valence-corrected chi connectivity index (χ4v) is 5.27. The van der Waals surface area contributed by atoms with Gasteiger partial charge in [-0.2, -0.15) is 4.31 Å². The summed E-state index contributed by atoms with van der Waals surface area (Å²) in [5.41, 5.74) is 1.16. The van der Waals surface area contributed by atoms with Gasteiger partial charge in [0, 0.05) is 44.2 Å². The molecule has 1 fully saturated rings. The van der Waals surface area contributed by atoms with Crippen LogP contribution in [0.15, 0.2) is 53.7 Å². The Kier molecular flexibility index (Phi) is 5.68. The first-order valence-corrected chi connectivity index (χ1v) is 12.0. The van der Waals surface area contributed by atoms with Crippen LogP contribution in [-0.4, -0.2) is 83.1 Å². The molecule has 1 saturated heterocycles. The van der Waals surface area contributed by atoms with Gasteiger partial charge in [0.2, 0.25) is 10.0 Å². The van der Waals surface area contributed by atoms with Crippen LogP contribution in [0.5, 0.6) is 11.5 Å². The number of hydrogen-bond acceptors (Lipinski definition) is 8. The van der Waals surface area contributed by atoms with Crippen LogP contribution in [-0.2, 0) is 10.0 Å². The largest absolute Gasteiger partial charge is 0.490 e. The summed E-state index contributed by atoms with van der Waals surface area (Å²) >= 11 is 0. The first-order valence-electron chi connectivity index (χ1n) is 10.5. The topological polar surface area (TPSA) is 120 Å². The van der Waals surface area contributed by atoms with Gasteiger partial charge >= 0.3 is 0 Å². The van der Waals surface area contributed by atoms with Gasteiger partial charge in [-0.15, -0.1) is 5.10 Å². The first-order chi connectivity index (χ1) is 16.0. The molecule has 2 aromatic carbocycles. The van der Waals surface area contributed by atoms with E-state index in [9.17, 15) is 13.2 Å². The number of hydrogen-bond donors (Lipinski definition) is 0. The van der Waals surface area contributed by atoms with E-state index in [2.05, 4.69) is 15.5 Å². The van der Waals surface area contributed by atoms with Gasteiger partial charge in [-0.05, 0) is 40.8 Å². The van der Waals surface area contributed by atoms with Gasteiger partial charge in [-0.1, -0.05) is 6.07 Å². The van der Waals surface area contributed by atoms with E-state index >= 15 is 0 Å². The Balaban J connectivity index is 1.27. The van der Waals surface area contributed by atoms with Crippen molar-refractivity contribution in [3.8, 4) is 17.2 Å². The Morgan fingerprint density at radius 2 is 1.73 bits per heavy atom. The molecule has 2 aliphatic rings. The molecule has 172 valence electrons. The molecule has 0 N–H and O–H groups in total. The second kappa shape index (κ2) is 8.79. The van der Waals surface area contributed by atoms with E-state index in [-0.39, 0.29) is 37.0 Å². The number of sulfonamides is 1. The van der Waals surface area contributed by atoms with Crippen LogP contribution in [0.25, 0.3) is 5.69 Å². The monoisotopic (exact) mass is 470 g/mol. The van der Waals surface area contributed by atoms with E-state index in [0.29, 0.717) is 36.0 Å². The zero-order chi connectivity index (χ0) is 22.8. The van der Waals surface area contributed by atoms with Crippen LogP contribution in [0.4, 0.5) is 0 Å². The van der Waals surface area contributed by atoms with E-state index in [1.165, 1.54) is 27.4 Å². The quantitative estimate of drug-likeness (QED) is 0.553. The number of amides is 1. The normalized spacial score (nSPS) is 16.9. The number of nitrogens with zero attached hydrogens (tertiary/aromatic N) is 6. The number of tetrazole rings is 1. The van der Waals surface area contributed by atoms with Crippen LogP contribution >= 0.6 is 0 Å². The molecule has 0 saturated carbocycles. The van der Waals surface area contributed by atoms with Crippen molar-refractivity contribution in [2.75, 3.05) is 39.4 Å². The van der Waals surface area contributed by atoms with Crippen LogP contribution in [0.2, 0.25) is 0 Å². The molecule has 0 spiro atoms. The number of fused-ring (bicyclic) bond motifs is 1. The molecule has 0 atom stereocenters. The Morgan fingerprint density at radius 1 is 0.939 bits per heavy atom. The lowest BCUT2D eigenvalue weighted by Gasteiger charge is -2.34. The Hall–Kier alpha value is -3.51. The lowest BCUT2D eigenvalue weighted by Crippen LogP contribution is -2.50. The van der Waals surface area contributed by atoms with Gasteiger partial charge in [-0.25, -0.2) is 13.1 Å². The number of benzene rings is 2. The van der Waals surface area contributed by atoms with Crippen molar-refractivity contribution >= 4 is 15.9 Å². The molecule has 3 heterocycles. The number of carbonyl (C=O) groups excluding carboxylic acids is 1. The third-order valence-electron chi connectivity index (χ3n) is 5.59. The SMILES string of the molecule is O=C(c1cccc(-n2cnnn2)c1)N1CCN(S(=O)(=O)c2ccc3c(c2)OCCCO3)CC1. The molecule has 11 nitrogen and oxygen atoms in total. The van der Waals surface area contributed by atoms with Crippen LogP contribution in [0.3, 0.4) is 0 Å². The summed E-state index contributed by atoms with van der Waals surface area (Å²) in [6.07, 6.45) is 2.19. The van der Waals surface area contributed by atoms with Crippen molar-refractivity contribution in [3.63, 3.8) is 0 Å². The van der Waals surface area contributed by atoms with Crippen molar-refractivity contribution < 1.29 is 22.7 Å². The molecule has 0 aliphatic carbocycles. The van der Waals surface area contributed by atoms with E-state index in [1.54, 1.807) is 35.2 Å². The van der Waals surface area contributed by atoms with E-state index in [4.69, 9.17) is 9.47 Å². The van der Waals surface area contributed by atoms with Crippen molar-refractivity contribution in [1.29, 1.82) is 0 Å². The average molecular weight is 471 g/mol. The minimum Gasteiger partial charge on any atom is -0.490 e. The molecule has 0 unspecified atom stereocenters. The number of aromatic nitrogens is 4. The molecule has 1 aromatic heterocycles. The van der Waals surface area contributed by atoms with Crippen molar-refractivity contribution in [1.82, 2.24) is 29.4 Å². The van der Waals surface area contributed by atoms with Crippen LogP contribution in [0, 0.1) is 0 Å². The maximum absolute atomic E-state index is 13.2. The molecule has 33 heavy (non-hydrogen) atoms. The second-order valence-electron chi connectivity index (χ2n) is 7.66. The zero-order valence-electron chi connectivity index (χ0n) is 17.7. The summed E-state index contributed by atoms with van der Waals surface area (Å²) in [7, 11) is -3.72. The Labute approximate surface area is 190 Å². The number of carbonyl (C=O) groups is 1. The summed E-state index contributed by atoms with van der Waals surface area (Å²) in [5, 5.41) is 11.1. The minimum atomic E-state index is -3.72. The maximum atomic E-state index is 13.2. The highest BCUT2D eigenvalue weighted by Crippen LogP contribution is 2.33. The highest BCUT2D eigenvalue weighted by Gasteiger charge is 2.31. The van der Waals surface area contributed by atoms with Crippen molar-refractivity contribution in [2.45, 2.75) is 11.3 Å². The smallest absolute Gasteiger partial charge is 0.254 e. The Bertz CT molecular complexity index is 1260. The van der Waals surface area contributed by atoms with E-state index in [1.807, 2.05) is 0 Å². The van der Waals surface area contributed by atoms with Crippen LogP contribution < -0.4 is 9.47 Å². The van der Waals surface area contributed by atoms with Crippen molar-refractivity contribution in [2.24, 2.45) is 0 Å². The van der Waals surface area contributed by atoms with Gasteiger partial charge in [0.1, 0.15) is 6.33 Å². The molecule has 0 bridgehead atoms. The average Bonchev–Trinajstić information content (AvgIpc) is 3.29. The van der Waals surface area contributed by atoms with Gasteiger partial charge < -0.3 is 14.4 Å². The predicted molar refractivity (Wildman–Crippen MR) is 116 cm³/mol. The molecular weight excluding hydrogens is 448 g/mol. The third-order valence-corrected chi connectivity index (χ3v) is 7.48. The maximum Gasteiger partial charge on any atom is 0.254 e. The summed E-state index contributed by atoms with van der Waals surface area (Å²) in [5.74, 6) is 0.813. The molecule has 12 heteroatoms. The van der Waals surface area contributed by atoms with Gasteiger partial charge in [0.15, 0.2) is 11.5 Å². The summed E-state index contributed by atoms with van der Waals surface area (Å²) < 4.78 is 40.5. The zero-order valence-corrected chi connectivity index (χ0v) is 18.5. The molecular formula is C21H22N6O5S. The summed E-state index contributed by atoms with van der Waals surface area (Å²) in [6, 6.07) is 11.7. The molecule has 1 amide bonds. The number of ether oxygens (including phenoxy) is 2. The van der Waals surface area contributed by atoms with Gasteiger partial charge in [0.25, 0.3) is 5.91 Å². The molecule has 2 aliphatic heterocycles. The predicted octanol–water partition coefficient (Wildman–Crippen LogP) is 0.970. The molecule has 5 rings (SSSR count). The third kappa shape index (κ3) is 4.26. The fourth-order valence-electron chi connectivity index (χ4n) is 3.83. The van der Waals surface area contributed by atoms with E-state index < -0.39 is 10.0 Å². The summed E-state index contributed by atoms with van der Waals surface area (Å²) in [6.45, 7) is 2.00. The number of rotatable bonds is 4. The standard InChI is InChI=1S/C21H22N6O5S/c28-21(16-3-1-4-17(13-16)27-15-22-23-24-27)25-7-9-26(10-8-25)33(29,30)18-5-6-19-20(14-18)32-12-2-11-31-19/h1,3-6,13-15H,2,7-12H2. The highest BCUT2D eigenvalue weighted by atomic mass is 32.2. The second-order valence-corrected chi connectivity index (χ2v) is 9.60. The van der Waals surface area contributed by atoms with Crippen LogP contribution in [0.1, 0.15) is 16.8 Å². The van der Waals surface area contributed by atoms with E-state index in [0.717, 1.165) is 6.42 Å². The summed E-state index contributed by atoms with van der Waals surface area (Å²) in [4.78, 5) is 14.8. The first kappa shape index (κ1) is 21.3. The van der Waals surface area contributed by atoms with Gasteiger partial charge in [0.05, 0.1) is 23.8 Å². The Morgan fingerprint density at radius 3 is 2.48 bits per heavy atom. The number of piperazine rings is 1. The highest BCUT2D eigenvalue weighted by molar-refractivity contribution is 7.89. The van der Waals surface area contributed by atoms with Crippen molar-refractivity contribution in [3.05, 3.63) is 54.4 Å². The minimum absolute atomic E-state index is 0.153. The lowest BCUT2D eigenvalue weighted by molar-refractivity contribution is 0.0698. The molecule has 3 aromatic rings. The van der Waals surface area contributed by atoms with Gasteiger partial charge in [-0.3, -0.25) is 4.79 Å². The molecule has 0 radical (unpaired) electrons.